The number of carbonyl (C=O) groups is 1. The number of benzene rings is 4. The molecule has 1 amide bonds. The summed E-state index contributed by atoms with van der Waals surface area (Å²) < 4.78 is 0. The van der Waals surface area contributed by atoms with Gasteiger partial charge in [-0.05, 0) is 24.3 Å². The van der Waals surface area contributed by atoms with E-state index in [2.05, 4.69) is 102 Å². The van der Waals surface area contributed by atoms with E-state index in [-0.39, 0.29) is 5.91 Å². The Morgan fingerprint density at radius 3 is 1.43 bits per heavy atom. The quantitative estimate of drug-likeness (QED) is 0.0638. The van der Waals surface area contributed by atoms with E-state index >= 15 is 0 Å². The third-order valence-electron chi connectivity index (χ3n) is 7.88. The molecule has 0 fully saturated rings. The average Bonchev–Trinajstić information content (AvgIpc) is 3.03. The van der Waals surface area contributed by atoms with Crippen molar-refractivity contribution in [3.05, 3.63) is 121 Å². The van der Waals surface area contributed by atoms with Crippen molar-refractivity contribution in [3.63, 3.8) is 0 Å². The first kappa shape index (κ1) is 29.5. The fourth-order valence-electron chi connectivity index (χ4n) is 5.70. The fourth-order valence-corrected chi connectivity index (χ4v) is 10.6. The van der Waals surface area contributed by atoms with Crippen LogP contribution in [-0.4, -0.2) is 18.6 Å². The van der Waals surface area contributed by atoms with Gasteiger partial charge in [0.05, 0.1) is 0 Å². The molecule has 40 heavy (non-hydrogen) atoms. The molecule has 0 aliphatic heterocycles. The van der Waals surface area contributed by atoms with Gasteiger partial charge in [-0.3, -0.25) is 10.6 Å². The van der Waals surface area contributed by atoms with Gasteiger partial charge >= 0.3 is 189 Å². The maximum Gasteiger partial charge on any atom is -0.0368 e. The van der Waals surface area contributed by atoms with Crippen molar-refractivity contribution in [2.24, 2.45) is 5.84 Å². The first-order valence-corrected chi connectivity index (χ1v) is 17.0. The van der Waals surface area contributed by atoms with Gasteiger partial charge in [0.25, 0.3) is 0 Å². The molecule has 4 rings (SSSR count). The Morgan fingerprint density at radius 2 is 0.975 bits per heavy atom. The van der Waals surface area contributed by atoms with Crippen LogP contribution in [0.3, 0.4) is 0 Å². The molecule has 0 radical (unpaired) electrons. The number of rotatable bonds is 16. The Balaban J connectivity index is 1.20. The van der Waals surface area contributed by atoms with Crippen LogP contribution < -0.4 is 32.5 Å². The Hall–Kier alpha value is -3.46. The van der Waals surface area contributed by atoms with Crippen molar-refractivity contribution in [3.8, 4) is 0 Å². The number of nitrogens with two attached hydrogens (primary N) is 1. The van der Waals surface area contributed by atoms with Gasteiger partial charge in [0.2, 0.25) is 0 Å². The minimum absolute atomic E-state index is 0.0234. The predicted octanol–water partition coefficient (Wildman–Crippen LogP) is 6.55. The molecule has 4 N–H and O–H groups in total. The molecule has 0 heterocycles. The van der Waals surface area contributed by atoms with E-state index in [1.165, 1.54) is 60.6 Å². The van der Waals surface area contributed by atoms with Gasteiger partial charge in [-0.2, -0.15) is 0 Å². The van der Waals surface area contributed by atoms with Gasteiger partial charge < -0.3 is 5.43 Å². The van der Waals surface area contributed by atoms with Crippen molar-refractivity contribution in [1.82, 2.24) is 5.32 Å². The molecular weight excluding hydrogens is 509 g/mol. The minimum Gasteiger partial charge on any atom is -0.0474 e. The molecule has 0 aliphatic carbocycles. The number of unbranched alkanes of at least 4 members (excludes halogenated alkanes) is 7. The number of carbonyl (C=O) groups excluding carboxylic acids is 1. The SMILES string of the molecule is NNc1ccc(C(=O)NCCCCCCCCCC[PH](c2ccccc2)(c2ccccc2)c2ccccc2)cc1. The standard InChI is InChI=1S/C35H44N3OP/c36-38-31-26-24-30(25-27-31)35(39)37-28-16-5-3-1-2-4-6-17-29-40(32-18-10-7-11-19-32,33-20-12-8-13-21-33)34-22-14-9-15-23-34/h7-15,18-27,38,40H,1-6,16-17,28-29,36H2,(H,37,39). The predicted molar refractivity (Wildman–Crippen MR) is 175 cm³/mol. The van der Waals surface area contributed by atoms with Crippen LogP contribution in [0.15, 0.2) is 115 Å². The van der Waals surface area contributed by atoms with Crippen LogP contribution in [0, 0.1) is 0 Å². The second kappa shape index (κ2) is 16.0. The summed E-state index contributed by atoms with van der Waals surface area (Å²) in [6, 6.07) is 40.9. The van der Waals surface area contributed by atoms with Crippen LogP contribution >= 0.6 is 7.26 Å². The normalized spacial score (nSPS) is 11.6. The van der Waals surface area contributed by atoms with Gasteiger partial charge in [-0.15, -0.1) is 0 Å². The number of amides is 1. The number of hydrogen-bond donors (Lipinski definition) is 3. The van der Waals surface area contributed by atoms with E-state index in [1.807, 2.05) is 12.1 Å². The minimum atomic E-state index is -2.10. The zero-order valence-corrected chi connectivity index (χ0v) is 24.5. The first-order valence-electron chi connectivity index (χ1n) is 14.8. The number of nitrogens with one attached hydrogen (secondary N) is 2. The Kier molecular flexibility index (Phi) is 11.8. The third kappa shape index (κ3) is 8.03. The summed E-state index contributed by atoms with van der Waals surface area (Å²) in [7, 11) is -2.10. The zero-order chi connectivity index (χ0) is 27.9. The van der Waals surface area contributed by atoms with E-state index in [0.29, 0.717) is 5.56 Å². The van der Waals surface area contributed by atoms with Crippen LogP contribution in [0.5, 0.6) is 0 Å². The molecular formula is C35H44N3OP. The summed E-state index contributed by atoms with van der Waals surface area (Å²) in [4.78, 5) is 12.3. The van der Waals surface area contributed by atoms with E-state index < -0.39 is 7.26 Å². The Morgan fingerprint density at radius 1 is 0.550 bits per heavy atom. The second-order valence-corrected chi connectivity index (χ2v) is 14.6. The van der Waals surface area contributed by atoms with Gasteiger partial charge in [-0.1, -0.05) is 0 Å². The smallest absolute Gasteiger partial charge is 0.0368 e. The van der Waals surface area contributed by atoms with E-state index in [4.69, 9.17) is 5.84 Å². The van der Waals surface area contributed by atoms with Crippen molar-refractivity contribution in [2.45, 2.75) is 51.4 Å². The molecule has 0 atom stereocenters. The largest absolute Gasteiger partial charge is 0.0474 e. The van der Waals surface area contributed by atoms with Crippen LogP contribution in [0.25, 0.3) is 0 Å². The molecule has 210 valence electrons. The zero-order valence-electron chi connectivity index (χ0n) is 23.5. The molecule has 5 heteroatoms. The summed E-state index contributed by atoms with van der Waals surface area (Å²) in [6.45, 7) is 0.723. The average molecular weight is 554 g/mol. The number of anilines is 1. The van der Waals surface area contributed by atoms with Gasteiger partial charge in [0.15, 0.2) is 0 Å². The maximum absolute atomic E-state index is 12.3. The number of hydrazine groups is 1. The van der Waals surface area contributed by atoms with Gasteiger partial charge in [0.1, 0.15) is 0 Å². The van der Waals surface area contributed by atoms with E-state index in [1.54, 1.807) is 12.1 Å². The molecule has 0 saturated carbocycles. The topological polar surface area (TPSA) is 67.1 Å². The van der Waals surface area contributed by atoms with Crippen molar-refractivity contribution in [1.29, 1.82) is 0 Å². The van der Waals surface area contributed by atoms with Crippen molar-refractivity contribution < 1.29 is 4.79 Å². The summed E-state index contributed by atoms with van der Waals surface area (Å²) in [6.07, 6.45) is 11.0. The molecule has 0 saturated heterocycles. The number of hydrogen-bond acceptors (Lipinski definition) is 3. The Bertz CT molecular complexity index is 1170. The van der Waals surface area contributed by atoms with Crippen LogP contribution in [0.2, 0.25) is 0 Å². The van der Waals surface area contributed by atoms with Gasteiger partial charge in [-0.25, -0.2) is 0 Å². The molecule has 4 nitrogen and oxygen atoms in total. The maximum atomic E-state index is 12.3. The van der Waals surface area contributed by atoms with Crippen molar-refractivity contribution in [2.75, 3.05) is 18.1 Å². The van der Waals surface area contributed by atoms with Crippen LogP contribution in [0.4, 0.5) is 5.69 Å². The molecule has 4 aromatic carbocycles. The van der Waals surface area contributed by atoms with Crippen LogP contribution in [0.1, 0.15) is 61.7 Å². The molecule has 0 spiro atoms. The molecule has 0 aromatic heterocycles. The van der Waals surface area contributed by atoms with Crippen LogP contribution in [-0.2, 0) is 0 Å². The molecule has 0 unspecified atom stereocenters. The van der Waals surface area contributed by atoms with Gasteiger partial charge in [0, 0.05) is 11.3 Å². The number of nitrogen functional groups attached to an aromatic ring is 1. The molecule has 0 aliphatic rings. The molecule has 0 bridgehead atoms. The van der Waals surface area contributed by atoms with E-state index in [0.717, 1.165) is 25.1 Å². The Labute approximate surface area is 240 Å². The monoisotopic (exact) mass is 553 g/mol. The van der Waals surface area contributed by atoms with E-state index in [9.17, 15) is 4.79 Å². The van der Waals surface area contributed by atoms with Crippen molar-refractivity contribution >= 4 is 34.8 Å². The first-order chi connectivity index (χ1) is 19.7. The second-order valence-electron chi connectivity index (χ2n) is 10.6. The summed E-state index contributed by atoms with van der Waals surface area (Å²) in [5.74, 6) is 5.36. The fraction of sp³-hybridized carbons (Fsp3) is 0.286. The summed E-state index contributed by atoms with van der Waals surface area (Å²) in [5.41, 5.74) is 4.04. The summed E-state index contributed by atoms with van der Waals surface area (Å²) in [5, 5.41) is 7.53. The molecule has 4 aromatic rings. The third-order valence-corrected chi connectivity index (χ3v) is 12.9. The summed E-state index contributed by atoms with van der Waals surface area (Å²) >= 11 is 0.